The smallest absolute Gasteiger partial charge is 0.307 e. The first kappa shape index (κ1) is 17.5. The number of urea groups is 1. The summed E-state index contributed by atoms with van der Waals surface area (Å²) in [5, 5.41) is 2.44. The van der Waals surface area contributed by atoms with Crippen LogP contribution in [0.3, 0.4) is 0 Å². The van der Waals surface area contributed by atoms with Crippen LogP contribution in [-0.2, 0) is 35.7 Å². The number of sulfonamides is 1. The van der Waals surface area contributed by atoms with Crippen LogP contribution >= 0.6 is 0 Å². The van der Waals surface area contributed by atoms with Gasteiger partial charge >= 0.3 is 6.03 Å². The molecule has 1 atom stereocenters. The van der Waals surface area contributed by atoms with Crippen molar-refractivity contribution in [1.29, 1.82) is 0 Å². The number of nitrogens with zero attached hydrogens (tertiary/aromatic N) is 1. The summed E-state index contributed by atoms with van der Waals surface area (Å²) in [5.41, 5.74) is 5.96. The van der Waals surface area contributed by atoms with Crippen molar-refractivity contribution in [1.82, 2.24) is 9.62 Å². The van der Waals surface area contributed by atoms with E-state index in [1.165, 1.54) is 35.1 Å². The standard InChI is InChI=1S/C20H27N3O3S.2H2/c24-20(22-27(25,26)16-9-10-23(12-16)15-7-8-15)21-19-17-5-1-3-13(17)11-14-4-2-6-18(14)19;;/h11,15-16H,1-10,12H2,(H2,21,22,24);2*1H. The normalized spacial score (nSPS) is 24.7. The van der Waals surface area contributed by atoms with Gasteiger partial charge in [0.15, 0.2) is 0 Å². The van der Waals surface area contributed by atoms with Crippen LogP contribution in [0.15, 0.2) is 6.07 Å². The van der Waals surface area contributed by atoms with Gasteiger partial charge < -0.3 is 5.32 Å². The number of nitrogens with one attached hydrogen (secondary N) is 2. The van der Waals surface area contributed by atoms with Gasteiger partial charge in [-0.2, -0.15) is 0 Å². The van der Waals surface area contributed by atoms with Crippen LogP contribution in [-0.4, -0.2) is 43.7 Å². The molecular formula is C20H31N3O3S. The molecule has 1 aromatic carbocycles. The third-order valence-corrected chi connectivity index (χ3v) is 8.36. The SMILES string of the molecule is O=C(Nc1c2c(cc3c1CCC3)CCC2)NS(=O)(=O)C1CCN(C2CC2)C1.[HH].[HH]. The third-order valence-electron chi connectivity index (χ3n) is 6.63. The zero-order valence-electron chi connectivity index (χ0n) is 15.6. The zero-order chi connectivity index (χ0) is 18.6. The lowest BCUT2D eigenvalue weighted by atomic mass is 9.99. The number of fused-ring (bicyclic) bond motifs is 2. The van der Waals surface area contributed by atoms with Gasteiger partial charge in [0.1, 0.15) is 0 Å². The van der Waals surface area contributed by atoms with Crippen molar-refractivity contribution in [2.24, 2.45) is 0 Å². The lowest BCUT2D eigenvalue weighted by Gasteiger charge is -2.18. The number of amides is 2. The Morgan fingerprint density at radius 2 is 1.70 bits per heavy atom. The number of anilines is 1. The maximum Gasteiger partial charge on any atom is 0.332 e. The Kier molecular flexibility index (Phi) is 4.20. The zero-order valence-corrected chi connectivity index (χ0v) is 16.4. The molecule has 150 valence electrons. The molecule has 4 aliphatic rings. The van der Waals surface area contributed by atoms with Crippen LogP contribution in [0.1, 0.15) is 57.2 Å². The molecule has 0 bridgehead atoms. The lowest BCUT2D eigenvalue weighted by molar-refractivity contribution is 0.256. The van der Waals surface area contributed by atoms with E-state index in [9.17, 15) is 13.2 Å². The van der Waals surface area contributed by atoms with Crippen molar-refractivity contribution < 1.29 is 16.1 Å². The molecule has 3 aliphatic carbocycles. The van der Waals surface area contributed by atoms with E-state index in [4.69, 9.17) is 0 Å². The Morgan fingerprint density at radius 1 is 1.04 bits per heavy atom. The summed E-state index contributed by atoms with van der Waals surface area (Å²) < 4.78 is 27.7. The first-order valence-electron chi connectivity index (χ1n) is 10.2. The van der Waals surface area contributed by atoms with E-state index in [-0.39, 0.29) is 2.85 Å². The molecular weight excluding hydrogens is 362 g/mol. The maximum absolute atomic E-state index is 12.7. The van der Waals surface area contributed by atoms with Gasteiger partial charge in [-0.15, -0.1) is 0 Å². The Labute approximate surface area is 163 Å². The minimum Gasteiger partial charge on any atom is -0.307 e. The van der Waals surface area contributed by atoms with Crippen LogP contribution in [0.4, 0.5) is 10.5 Å². The van der Waals surface area contributed by atoms with E-state index in [0.29, 0.717) is 19.0 Å². The number of hydrogen-bond acceptors (Lipinski definition) is 4. The molecule has 1 aromatic rings. The van der Waals surface area contributed by atoms with Crippen LogP contribution in [0, 0.1) is 0 Å². The maximum atomic E-state index is 12.7. The highest BCUT2D eigenvalue weighted by molar-refractivity contribution is 7.90. The molecule has 0 aromatic heterocycles. The van der Waals surface area contributed by atoms with Gasteiger partial charge in [0.2, 0.25) is 10.0 Å². The average Bonchev–Trinajstić information content (AvgIpc) is 3.05. The molecule has 1 aliphatic heterocycles. The van der Waals surface area contributed by atoms with Crippen LogP contribution in [0.2, 0.25) is 0 Å². The Hall–Kier alpha value is -1.60. The minimum absolute atomic E-state index is 0. The number of rotatable bonds is 4. The lowest BCUT2D eigenvalue weighted by Crippen LogP contribution is -2.42. The van der Waals surface area contributed by atoms with Crippen LogP contribution < -0.4 is 10.0 Å². The summed E-state index contributed by atoms with van der Waals surface area (Å²) in [5.74, 6) is 0. The van der Waals surface area contributed by atoms with Gasteiger partial charge in [0.05, 0.1) is 5.25 Å². The molecule has 27 heavy (non-hydrogen) atoms. The van der Waals surface area contributed by atoms with Crippen molar-refractivity contribution in [2.75, 3.05) is 18.4 Å². The highest BCUT2D eigenvalue weighted by Crippen LogP contribution is 2.38. The molecule has 1 saturated carbocycles. The molecule has 1 saturated heterocycles. The molecule has 0 radical (unpaired) electrons. The van der Waals surface area contributed by atoms with Gasteiger partial charge in [0.25, 0.3) is 0 Å². The Morgan fingerprint density at radius 3 is 2.33 bits per heavy atom. The number of likely N-dealkylation sites (tertiary alicyclic amines) is 1. The van der Waals surface area contributed by atoms with Crippen molar-refractivity contribution in [3.8, 4) is 0 Å². The van der Waals surface area contributed by atoms with Crippen molar-refractivity contribution in [3.05, 3.63) is 28.3 Å². The topological polar surface area (TPSA) is 78.5 Å². The second-order valence-corrected chi connectivity index (χ2v) is 10.4. The first-order valence-corrected chi connectivity index (χ1v) is 11.8. The van der Waals surface area contributed by atoms with E-state index < -0.39 is 21.3 Å². The Balaban J connectivity index is 0.00000120. The first-order chi connectivity index (χ1) is 13.0. The number of benzene rings is 1. The average molecular weight is 394 g/mol. The molecule has 2 fully saturated rings. The second kappa shape index (κ2) is 6.48. The summed E-state index contributed by atoms with van der Waals surface area (Å²) in [4.78, 5) is 14.8. The van der Waals surface area contributed by atoms with Gasteiger partial charge in [-0.1, -0.05) is 6.07 Å². The van der Waals surface area contributed by atoms with E-state index in [0.717, 1.165) is 50.8 Å². The van der Waals surface area contributed by atoms with Crippen molar-refractivity contribution in [2.45, 2.75) is 69.1 Å². The molecule has 1 unspecified atom stereocenters. The molecule has 0 spiro atoms. The summed E-state index contributed by atoms with van der Waals surface area (Å²) in [6.07, 6.45) is 9.18. The summed E-state index contributed by atoms with van der Waals surface area (Å²) in [6, 6.07) is 2.26. The molecule has 1 heterocycles. The highest BCUT2D eigenvalue weighted by Gasteiger charge is 2.40. The van der Waals surface area contributed by atoms with E-state index in [1.807, 2.05) is 0 Å². The summed E-state index contributed by atoms with van der Waals surface area (Å²) in [7, 11) is -3.65. The monoisotopic (exact) mass is 393 g/mol. The fourth-order valence-corrected chi connectivity index (χ4v) is 6.38. The second-order valence-electron chi connectivity index (χ2n) is 8.47. The number of carbonyl (C=O) groups is 1. The van der Waals surface area contributed by atoms with Crippen molar-refractivity contribution >= 4 is 21.7 Å². The number of aryl methyl sites for hydroxylation is 2. The number of carbonyl (C=O) groups excluding carboxylic acids is 1. The van der Waals surface area contributed by atoms with Gasteiger partial charge in [-0.25, -0.2) is 17.9 Å². The molecule has 6 nitrogen and oxygen atoms in total. The highest BCUT2D eigenvalue weighted by atomic mass is 32.2. The predicted molar refractivity (Wildman–Crippen MR) is 109 cm³/mol. The quantitative estimate of drug-likeness (QED) is 0.824. The molecule has 7 heteroatoms. The van der Waals surface area contributed by atoms with Crippen molar-refractivity contribution in [3.63, 3.8) is 0 Å². The fraction of sp³-hybridized carbons (Fsp3) is 0.650. The largest absolute Gasteiger partial charge is 0.332 e. The van der Waals surface area contributed by atoms with Crippen LogP contribution in [0.25, 0.3) is 0 Å². The van der Waals surface area contributed by atoms with Gasteiger partial charge in [-0.05, 0) is 86.6 Å². The molecule has 5 rings (SSSR count). The van der Waals surface area contributed by atoms with Gasteiger partial charge in [0, 0.05) is 21.1 Å². The minimum atomic E-state index is -3.65. The van der Waals surface area contributed by atoms with Crippen LogP contribution in [0.5, 0.6) is 0 Å². The Bertz CT molecular complexity index is 870. The fourth-order valence-electron chi connectivity index (χ4n) is 5.10. The van der Waals surface area contributed by atoms with E-state index in [2.05, 4.69) is 21.0 Å². The number of hydrogen-bond donors (Lipinski definition) is 2. The predicted octanol–water partition coefficient (Wildman–Crippen LogP) is 2.84. The molecule has 2 amide bonds. The third kappa shape index (κ3) is 3.25. The molecule has 2 N–H and O–H groups in total. The summed E-state index contributed by atoms with van der Waals surface area (Å²) in [6.45, 7) is 1.36. The van der Waals surface area contributed by atoms with E-state index in [1.54, 1.807) is 0 Å². The summed E-state index contributed by atoms with van der Waals surface area (Å²) >= 11 is 0. The van der Waals surface area contributed by atoms with E-state index >= 15 is 0 Å². The van der Waals surface area contributed by atoms with Gasteiger partial charge in [-0.3, -0.25) is 4.90 Å².